The highest BCUT2D eigenvalue weighted by Gasteiger charge is 2.39. The molecule has 1 fully saturated rings. The first kappa shape index (κ1) is 18.7. The van der Waals surface area contributed by atoms with Crippen LogP contribution in [0.15, 0.2) is 18.2 Å². The number of anilines is 1. The maximum absolute atomic E-state index is 5.89. The van der Waals surface area contributed by atoms with Crippen molar-refractivity contribution in [1.82, 2.24) is 30.4 Å². The fourth-order valence-electron chi connectivity index (χ4n) is 3.13. The van der Waals surface area contributed by atoms with Gasteiger partial charge in [-0.3, -0.25) is 0 Å². The zero-order valence-corrected chi connectivity index (χ0v) is 17.0. The van der Waals surface area contributed by atoms with Crippen LogP contribution in [-0.2, 0) is 6.54 Å². The van der Waals surface area contributed by atoms with Gasteiger partial charge in [-0.05, 0) is 51.7 Å². The van der Waals surface area contributed by atoms with Gasteiger partial charge in [0.25, 0.3) is 0 Å². The van der Waals surface area contributed by atoms with E-state index in [0.717, 1.165) is 40.1 Å². The molecule has 1 saturated carbocycles. The average Bonchev–Trinajstić information content (AvgIpc) is 3.31. The maximum Gasteiger partial charge on any atom is 0.218 e. The van der Waals surface area contributed by atoms with Crippen LogP contribution >= 0.6 is 11.3 Å². The summed E-state index contributed by atoms with van der Waals surface area (Å²) in [6, 6.07) is 5.94. The summed E-state index contributed by atoms with van der Waals surface area (Å²) in [5.41, 5.74) is 2.04. The smallest absolute Gasteiger partial charge is 0.218 e. The van der Waals surface area contributed by atoms with Crippen molar-refractivity contribution in [3.63, 3.8) is 0 Å². The maximum atomic E-state index is 5.89. The van der Waals surface area contributed by atoms with Crippen molar-refractivity contribution < 1.29 is 4.74 Å². The molecule has 0 amide bonds. The molecule has 28 heavy (non-hydrogen) atoms. The normalized spacial score (nSPS) is 18.1. The molecule has 146 valence electrons. The summed E-state index contributed by atoms with van der Waals surface area (Å²) in [7, 11) is 0. The number of ether oxygens (including phenoxy) is 1. The molecule has 9 heteroatoms. The molecule has 2 atom stereocenters. The van der Waals surface area contributed by atoms with Gasteiger partial charge in [-0.2, -0.15) is 15.2 Å². The summed E-state index contributed by atoms with van der Waals surface area (Å²) in [5.74, 6) is 3.12. The molecule has 4 rings (SSSR count). The van der Waals surface area contributed by atoms with Crippen LogP contribution in [0.25, 0.3) is 0 Å². The second-order valence-corrected chi connectivity index (χ2v) is 8.31. The number of nitrogens with zero attached hydrogens (tertiary/aromatic N) is 6. The molecule has 0 spiro atoms. The standard InChI is InChI=1S/C19H23N7OS/c1-11-4-5-16(25-23-11)15-8-14(15)6-7-27-18-9-17(21-12(2)22-18)20-10-19-26-24-13(3)28-19/h4-5,9,14-15H,6-8,10H2,1-3H3,(H,20,21,22). The lowest BCUT2D eigenvalue weighted by molar-refractivity contribution is 0.289. The Labute approximate surface area is 167 Å². The minimum Gasteiger partial charge on any atom is -0.478 e. The van der Waals surface area contributed by atoms with Gasteiger partial charge in [-0.25, -0.2) is 4.98 Å². The van der Waals surface area contributed by atoms with Gasteiger partial charge in [0.15, 0.2) is 0 Å². The van der Waals surface area contributed by atoms with Crippen LogP contribution in [0.2, 0.25) is 0 Å². The van der Waals surface area contributed by atoms with Gasteiger partial charge in [0.2, 0.25) is 5.88 Å². The van der Waals surface area contributed by atoms with Gasteiger partial charge < -0.3 is 10.1 Å². The van der Waals surface area contributed by atoms with Gasteiger partial charge >= 0.3 is 0 Å². The molecule has 8 nitrogen and oxygen atoms in total. The van der Waals surface area contributed by atoms with E-state index in [1.807, 2.05) is 32.9 Å². The number of hydrogen-bond acceptors (Lipinski definition) is 9. The third kappa shape index (κ3) is 4.78. The van der Waals surface area contributed by atoms with Crippen molar-refractivity contribution in [1.29, 1.82) is 0 Å². The number of rotatable bonds is 8. The Kier molecular flexibility index (Phi) is 5.43. The third-order valence-corrected chi connectivity index (χ3v) is 5.50. The highest BCUT2D eigenvalue weighted by atomic mass is 32.1. The molecule has 1 N–H and O–H groups in total. The van der Waals surface area contributed by atoms with Gasteiger partial charge in [0.1, 0.15) is 21.7 Å². The molecule has 1 aliphatic rings. The minimum atomic E-state index is 0.511. The topological polar surface area (TPSA) is 98.6 Å². The highest BCUT2D eigenvalue weighted by Crippen LogP contribution is 2.48. The molecule has 0 aliphatic heterocycles. The molecule has 3 aromatic heterocycles. The summed E-state index contributed by atoms with van der Waals surface area (Å²) < 4.78 is 5.89. The van der Waals surface area contributed by atoms with Crippen LogP contribution in [0.5, 0.6) is 5.88 Å². The molecular weight excluding hydrogens is 374 g/mol. The van der Waals surface area contributed by atoms with E-state index in [-0.39, 0.29) is 0 Å². The second kappa shape index (κ2) is 8.14. The van der Waals surface area contributed by atoms with Crippen molar-refractivity contribution in [2.45, 2.75) is 46.1 Å². The zero-order valence-electron chi connectivity index (χ0n) is 16.2. The van der Waals surface area contributed by atoms with Crippen LogP contribution in [0.4, 0.5) is 5.82 Å². The van der Waals surface area contributed by atoms with Gasteiger partial charge in [0.05, 0.1) is 24.5 Å². The summed E-state index contributed by atoms with van der Waals surface area (Å²) in [5, 5.41) is 21.7. The van der Waals surface area contributed by atoms with Crippen molar-refractivity contribution in [3.05, 3.63) is 45.4 Å². The van der Waals surface area contributed by atoms with E-state index in [1.165, 1.54) is 0 Å². The lowest BCUT2D eigenvalue weighted by Gasteiger charge is -2.09. The Hall–Kier alpha value is -2.68. The van der Waals surface area contributed by atoms with Crippen LogP contribution in [0.3, 0.4) is 0 Å². The molecule has 3 aromatic rings. The van der Waals surface area contributed by atoms with Crippen molar-refractivity contribution in [2.75, 3.05) is 11.9 Å². The summed E-state index contributed by atoms with van der Waals surface area (Å²) >= 11 is 1.57. The molecule has 0 bridgehead atoms. The van der Waals surface area contributed by atoms with E-state index in [4.69, 9.17) is 4.74 Å². The Morgan fingerprint density at radius 2 is 2.00 bits per heavy atom. The number of nitrogens with one attached hydrogen (secondary N) is 1. The van der Waals surface area contributed by atoms with Crippen LogP contribution < -0.4 is 10.1 Å². The van der Waals surface area contributed by atoms with Crippen molar-refractivity contribution in [3.8, 4) is 5.88 Å². The molecular formula is C19H23N7OS. The van der Waals surface area contributed by atoms with Crippen LogP contribution in [0, 0.1) is 26.7 Å². The number of hydrogen-bond donors (Lipinski definition) is 1. The first-order valence-electron chi connectivity index (χ1n) is 9.38. The molecule has 0 radical (unpaired) electrons. The van der Waals surface area contributed by atoms with E-state index in [0.29, 0.717) is 36.7 Å². The molecule has 0 saturated heterocycles. The fourth-order valence-corrected chi connectivity index (χ4v) is 3.78. The SMILES string of the molecule is Cc1ccc(C2CC2CCOc2cc(NCc3nnc(C)s3)nc(C)n2)nn1. The first-order chi connectivity index (χ1) is 13.6. The average molecular weight is 398 g/mol. The van der Waals surface area contributed by atoms with E-state index >= 15 is 0 Å². The van der Waals surface area contributed by atoms with Crippen molar-refractivity contribution in [2.24, 2.45) is 5.92 Å². The first-order valence-corrected chi connectivity index (χ1v) is 10.2. The highest BCUT2D eigenvalue weighted by molar-refractivity contribution is 7.11. The van der Waals surface area contributed by atoms with Gasteiger partial charge in [-0.1, -0.05) is 11.3 Å². The molecule has 3 heterocycles. The third-order valence-electron chi connectivity index (χ3n) is 4.66. The Morgan fingerprint density at radius 3 is 2.75 bits per heavy atom. The monoisotopic (exact) mass is 397 g/mol. The Morgan fingerprint density at radius 1 is 1.11 bits per heavy atom. The minimum absolute atomic E-state index is 0.511. The predicted octanol–water partition coefficient (Wildman–Crippen LogP) is 3.23. The van der Waals surface area contributed by atoms with E-state index in [1.54, 1.807) is 11.3 Å². The number of aryl methyl sites for hydroxylation is 3. The van der Waals surface area contributed by atoms with E-state index < -0.39 is 0 Å². The summed E-state index contributed by atoms with van der Waals surface area (Å²) in [6.07, 6.45) is 2.13. The predicted molar refractivity (Wildman–Crippen MR) is 106 cm³/mol. The summed E-state index contributed by atoms with van der Waals surface area (Å²) in [6.45, 7) is 6.98. The largest absolute Gasteiger partial charge is 0.478 e. The van der Waals surface area contributed by atoms with Crippen molar-refractivity contribution >= 4 is 17.2 Å². The number of aromatic nitrogens is 6. The van der Waals surface area contributed by atoms with Crippen LogP contribution in [0.1, 0.15) is 46.0 Å². The second-order valence-electron chi connectivity index (χ2n) is 7.05. The van der Waals surface area contributed by atoms with E-state index in [2.05, 4.69) is 41.7 Å². The zero-order chi connectivity index (χ0) is 19.5. The molecule has 1 aliphatic carbocycles. The molecule has 2 unspecified atom stereocenters. The van der Waals surface area contributed by atoms with E-state index in [9.17, 15) is 0 Å². The lowest BCUT2D eigenvalue weighted by Crippen LogP contribution is -2.06. The van der Waals surface area contributed by atoms with Gasteiger partial charge in [0, 0.05) is 12.0 Å². The Balaban J connectivity index is 1.27. The van der Waals surface area contributed by atoms with Crippen LogP contribution in [-0.4, -0.2) is 37.0 Å². The van der Waals surface area contributed by atoms with Gasteiger partial charge in [-0.15, -0.1) is 10.2 Å². The summed E-state index contributed by atoms with van der Waals surface area (Å²) in [4.78, 5) is 8.79. The molecule has 0 aromatic carbocycles. The lowest BCUT2D eigenvalue weighted by atomic mass is 10.2. The fraction of sp³-hybridized carbons (Fsp3) is 0.474. The Bertz CT molecular complexity index is 944. The quantitative estimate of drug-likeness (QED) is 0.618.